The summed E-state index contributed by atoms with van der Waals surface area (Å²) in [7, 11) is 1.50. The van der Waals surface area contributed by atoms with Crippen LogP contribution < -0.4 is 9.47 Å². The molecule has 0 saturated carbocycles. The summed E-state index contributed by atoms with van der Waals surface area (Å²) in [5.41, 5.74) is 2.71. The highest BCUT2D eigenvalue weighted by Crippen LogP contribution is 2.29. The highest BCUT2D eigenvalue weighted by molar-refractivity contribution is 6.12. The van der Waals surface area contributed by atoms with Gasteiger partial charge in [-0.15, -0.1) is 0 Å². The van der Waals surface area contributed by atoms with Gasteiger partial charge in [0.2, 0.25) is 5.90 Å². The van der Waals surface area contributed by atoms with Gasteiger partial charge in [-0.3, -0.25) is 0 Å². The van der Waals surface area contributed by atoms with Gasteiger partial charge in [-0.25, -0.2) is 9.79 Å². The first-order valence-electron chi connectivity index (χ1n) is 7.88. The van der Waals surface area contributed by atoms with Crippen LogP contribution in [0.15, 0.2) is 53.2 Å². The summed E-state index contributed by atoms with van der Waals surface area (Å²) in [6.45, 7) is 1.88. The molecule has 0 fully saturated rings. The molecule has 1 aliphatic heterocycles. The lowest BCUT2D eigenvalue weighted by Gasteiger charge is -2.08. The number of cyclic esters (lactones) is 1. The van der Waals surface area contributed by atoms with Gasteiger partial charge in [0.1, 0.15) is 6.07 Å². The Balaban J connectivity index is 1.89. The zero-order valence-electron chi connectivity index (χ0n) is 14.4. The maximum Gasteiger partial charge on any atom is 0.363 e. The van der Waals surface area contributed by atoms with Crippen molar-refractivity contribution in [2.75, 3.05) is 13.7 Å². The van der Waals surface area contributed by atoms with Crippen molar-refractivity contribution in [2.45, 2.75) is 6.92 Å². The Morgan fingerprint density at radius 2 is 2.08 bits per heavy atom. The van der Waals surface area contributed by atoms with E-state index in [2.05, 4.69) is 4.99 Å². The summed E-state index contributed by atoms with van der Waals surface area (Å²) in [4.78, 5) is 16.4. The van der Waals surface area contributed by atoms with Crippen LogP contribution in [0.25, 0.3) is 6.08 Å². The lowest BCUT2D eigenvalue weighted by molar-refractivity contribution is -0.129. The van der Waals surface area contributed by atoms with Crippen LogP contribution in [0.2, 0.25) is 0 Å². The van der Waals surface area contributed by atoms with E-state index in [9.17, 15) is 4.79 Å². The lowest BCUT2D eigenvalue weighted by Crippen LogP contribution is -2.05. The van der Waals surface area contributed by atoms with E-state index in [1.54, 1.807) is 24.3 Å². The number of aryl methyl sites for hydroxylation is 1. The first kappa shape index (κ1) is 17.2. The summed E-state index contributed by atoms with van der Waals surface area (Å²) < 4.78 is 15.8. The van der Waals surface area contributed by atoms with Gasteiger partial charge in [0, 0.05) is 5.56 Å². The van der Waals surface area contributed by atoms with E-state index in [1.807, 2.05) is 37.3 Å². The molecule has 0 aromatic heterocycles. The summed E-state index contributed by atoms with van der Waals surface area (Å²) in [5, 5.41) is 8.61. The SMILES string of the molecule is COc1cc(/C=C2\N=C(c3cccc(C)c3)OC2=O)ccc1OCC#N. The van der Waals surface area contributed by atoms with E-state index in [4.69, 9.17) is 19.5 Å². The van der Waals surface area contributed by atoms with Gasteiger partial charge in [-0.1, -0.05) is 23.8 Å². The Hall–Kier alpha value is -3.59. The average Bonchev–Trinajstić information content (AvgIpc) is 3.01. The summed E-state index contributed by atoms with van der Waals surface area (Å²) >= 11 is 0. The second-order valence-corrected chi connectivity index (χ2v) is 5.56. The van der Waals surface area contributed by atoms with E-state index in [-0.39, 0.29) is 18.2 Å². The molecule has 0 aliphatic carbocycles. The standard InChI is InChI=1S/C20H16N2O4/c1-13-4-3-5-15(10-13)19-22-16(20(23)26-19)11-14-6-7-17(25-9-8-21)18(12-14)24-2/h3-7,10-12H,9H2,1-2H3/b16-11-. The number of ether oxygens (including phenoxy) is 3. The predicted octanol–water partition coefficient (Wildman–Crippen LogP) is 3.25. The summed E-state index contributed by atoms with van der Waals surface area (Å²) in [6, 6.07) is 14.6. The molecule has 0 N–H and O–H groups in total. The van der Waals surface area contributed by atoms with Crippen LogP contribution in [0, 0.1) is 18.3 Å². The number of hydrogen-bond acceptors (Lipinski definition) is 6. The Kier molecular flexibility index (Phi) is 4.99. The van der Waals surface area contributed by atoms with Crippen molar-refractivity contribution < 1.29 is 19.0 Å². The predicted molar refractivity (Wildman–Crippen MR) is 95.9 cm³/mol. The number of carbonyl (C=O) groups excluding carboxylic acids is 1. The van der Waals surface area contributed by atoms with Crippen molar-refractivity contribution in [3.63, 3.8) is 0 Å². The number of aliphatic imine (C=N–C) groups is 1. The van der Waals surface area contributed by atoms with Crippen molar-refractivity contribution in [3.8, 4) is 17.6 Å². The third-order valence-electron chi connectivity index (χ3n) is 3.67. The van der Waals surface area contributed by atoms with Crippen LogP contribution in [0.5, 0.6) is 11.5 Å². The first-order valence-corrected chi connectivity index (χ1v) is 7.88. The molecule has 0 saturated heterocycles. The average molecular weight is 348 g/mol. The topological polar surface area (TPSA) is 80.9 Å². The number of nitrogens with zero attached hydrogens (tertiary/aromatic N) is 2. The van der Waals surface area contributed by atoms with Gasteiger partial charge >= 0.3 is 5.97 Å². The first-order chi connectivity index (χ1) is 12.6. The number of benzene rings is 2. The second-order valence-electron chi connectivity index (χ2n) is 5.56. The van der Waals surface area contributed by atoms with Crippen LogP contribution in [0.3, 0.4) is 0 Å². The fourth-order valence-electron chi connectivity index (χ4n) is 2.47. The molecule has 3 rings (SSSR count). The minimum absolute atomic E-state index is 0.0761. The fraction of sp³-hybridized carbons (Fsp3) is 0.150. The van der Waals surface area contributed by atoms with Crippen LogP contribution in [0.1, 0.15) is 16.7 Å². The quantitative estimate of drug-likeness (QED) is 0.612. The van der Waals surface area contributed by atoms with Crippen molar-refractivity contribution in [1.29, 1.82) is 5.26 Å². The molecule has 0 bridgehead atoms. The Labute approximate surface area is 151 Å². The molecule has 2 aromatic carbocycles. The minimum Gasteiger partial charge on any atom is -0.493 e. The third-order valence-corrected chi connectivity index (χ3v) is 3.67. The van der Waals surface area contributed by atoms with Crippen molar-refractivity contribution >= 4 is 17.9 Å². The minimum atomic E-state index is -0.509. The van der Waals surface area contributed by atoms with Gasteiger partial charge in [0.15, 0.2) is 23.8 Å². The van der Waals surface area contributed by atoms with Gasteiger partial charge < -0.3 is 14.2 Å². The Bertz CT molecular complexity index is 955. The molecule has 0 atom stereocenters. The van der Waals surface area contributed by atoms with Crippen LogP contribution >= 0.6 is 0 Å². The largest absolute Gasteiger partial charge is 0.493 e. The van der Waals surface area contributed by atoms with Gasteiger partial charge in [0.05, 0.1) is 7.11 Å². The number of nitriles is 1. The second kappa shape index (κ2) is 7.53. The van der Waals surface area contributed by atoms with E-state index < -0.39 is 5.97 Å². The molecule has 0 spiro atoms. The molecular formula is C20H16N2O4. The van der Waals surface area contributed by atoms with Crippen LogP contribution in [0.4, 0.5) is 0 Å². The van der Waals surface area contributed by atoms with Gasteiger partial charge in [0.25, 0.3) is 0 Å². The van der Waals surface area contributed by atoms with E-state index in [0.717, 1.165) is 11.1 Å². The van der Waals surface area contributed by atoms with Crippen molar-refractivity contribution in [2.24, 2.45) is 4.99 Å². The smallest absolute Gasteiger partial charge is 0.363 e. The van der Waals surface area contributed by atoms with Gasteiger partial charge in [-0.05, 0) is 42.8 Å². The van der Waals surface area contributed by atoms with Crippen LogP contribution in [-0.2, 0) is 9.53 Å². The Morgan fingerprint density at radius 3 is 2.81 bits per heavy atom. The molecule has 6 nitrogen and oxygen atoms in total. The molecule has 2 aromatic rings. The summed E-state index contributed by atoms with van der Waals surface area (Å²) in [6.07, 6.45) is 1.61. The fourth-order valence-corrected chi connectivity index (χ4v) is 2.47. The van der Waals surface area contributed by atoms with Crippen molar-refractivity contribution in [3.05, 3.63) is 64.9 Å². The van der Waals surface area contributed by atoms with E-state index in [1.165, 1.54) is 7.11 Å². The highest BCUT2D eigenvalue weighted by Gasteiger charge is 2.24. The number of esters is 1. The molecule has 26 heavy (non-hydrogen) atoms. The highest BCUT2D eigenvalue weighted by atomic mass is 16.6. The molecule has 1 aliphatic rings. The van der Waals surface area contributed by atoms with E-state index in [0.29, 0.717) is 17.1 Å². The maximum atomic E-state index is 12.1. The van der Waals surface area contributed by atoms with Crippen molar-refractivity contribution in [1.82, 2.24) is 0 Å². The van der Waals surface area contributed by atoms with Gasteiger partial charge in [-0.2, -0.15) is 5.26 Å². The maximum absolute atomic E-state index is 12.1. The molecule has 130 valence electrons. The molecule has 6 heteroatoms. The van der Waals surface area contributed by atoms with Crippen LogP contribution in [-0.4, -0.2) is 25.6 Å². The number of rotatable bonds is 5. The monoisotopic (exact) mass is 348 g/mol. The molecule has 1 heterocycles. The number of methoxy groups -OCH3 is 1. The molecule has 0 amide bonds. The lowest BCUT2D eigenvalue weighted by atomic mass is 10.1. The summed E-state index contributed by atoms with van der Waals surface area (Å²) in [5.74, 6) is 0.689. The van der Waals surface area contributed by atoms with E-state index >= 15 is 0 Å². The third kappa shape index (κ3) is 3.73. The molecule has 0 radical (unpaired) electrons. The molecular weight excluding hydrogens is 332 g/mol. The molecule has 0 unspecified atom stereocenters. The number of carbonyl (C=O) groups is 1. The number of hydrogen-bond donors (Lipinski definition) is 0. The zero-order valence-corrected chi connectivity index (χ0v) is 14.4. The normalized spacial score (nSPS) is 14.6. The Morgan fingerprint density at radius 1 is 1.23 bits per heavy atom. The zero-order chi connectivity index (χ0) is 18.5.